The number of amides is 1. The summed E-state index contributed by atoms with van der Waals surface area (Å²) in [5.41, 5.74) is -0.624. The molecule has 0 aliphatic carbocycles. The van der Waals surface area contributed by atoms with Crippen molar-refractivity contribution in [2.75, 3.05) is 7.05 Å². The molecule has 1 fully saturated rings. The zero-order valence-corrected chi connectivity index (χ0v) is 11.5. The number of nitrogens with one attached hydrogen (secondary N) is 1. The molecule has 1 aromatic rings. The van der Waals surface area contributed by atoms with E-state index in [0.29, 0.717) is 0 Å². The van der Waals surface area contributed by atoms with E-state index in [1.165, 1.54) is 24.1 Å². The maximum absolute atomic E-state index is 13.1. The molecule has 1 aliphatic heterocycles. The number of hydrogen-bond acceptors (Lipinski definition) is 2. The molecule has 1 amide bonds. The second-order valence-electron chi connectivity index (χ2n) is 5.33. The summed E-state index contributed by atoms with van der Waals surface area (Å²) in [6.07, 6.45) is -5.18. The fourth-order valence-corrected chi connectivity index (χ4v) is 2.47. The van der Waals surface area contributed by atoms with E-state index in [-0.39, 0.29) is 17.4 Å². The Labute approximate surface area is 115 Å². The Hall–Kier alpha value is -1.56. The Morgan fingerprint density at radius 2 is 1.85 bits per heavy atom. The Morgan fingerprint density at radius 1 is 1.25 bits per heavy atom. The van der Waals surface area contributed by atoms with Gasteiger partial charge in [-0.2, -0.15) is 13.2 Å². The molecule has 0 aromatic heterocycles. The Bertz CT molecular complexity index is 513. The highest BCUT2D eigenvalue weighted by Crippen LogP contribution is 2.37. The van der Waals surface area contributed by atoms with Crippen LogP contribution in [-0.4, -0.2) is 23.9 Å². The van der Waals surface area contributed by atoms with E-state index < -0.39 is 23.9 Å². The minimum atomic E-state index is -4.43. The molecular weight excluding hydrogens is 269 g/mol. The van der Waals surface area contributed by atoms with Gasteiger partial charge in [0, 0.05) is 12.6 Å². The summed E-state index contributed by atoms with van der Waals surface area (Å²) < 4.78 is 39.2. The van der Waals surface area contributed by atoms with Crippen LogP contribution in [0.5, 0.6) is 0 Å². The molecule has 1 N–H and O–H groups in total. The molecule has 1 heterocycles. The first-order chi connectivity index (χ1) is 9.23. The normalized spacial score (nSPS) is 23.8. The zero-order valence-electron chi connectivity index (χ0n) is 11.5. The lowest BCUT2D eigenvalue weighted by Crippen LogP contribution is -2.34. The van der Waals surface area contributed by atoms with Crippen molar-refractivity contribution in [3.63, 3.8) is 0 Å². The monoisotopic (exact) mass is 286 g/mol. The predicted octanol–water partition coefficient (Wildman–Crippen LogP) is 2.79. The van der Waals surface area contributed by atoms with E-state index in [1.807, 2.05) is 13.8 Å². The molecule has 110 valence electrons. The quantitative estimate of drug-likeness (QED) is 0.906. The number of carbonyl (C=O) groups is 1. The second kappa shape index (κ2) is 5.09. The maximum atomic E-state index is 13.1. The molecule has 0 radical (unpaired) electrons. The molecular formula is C14H17F3N2O. The Balaban J connectivity index is 2.41. The van der Waals surface area contributed by atoms with Gasteiger partial charge in [-0.1, -0.05) is 32.0 Å². The Morgan fingerprint density at radius 3 is 2.35 bits per heavy atom. The first kappa shape index (κ1) is 14.8. The fourth-order valence-electron chi connectivity index (χ4n) is 2.47. The van der Waals surface area contributed by atoms with E-state index >= 15 is 0 Å². The van der Waals surface area contributed by atoms with Crippen molar-refractivity contribution in [2.45, 2.75) is 32.2 Å². The largest absolute Gasteiger partial charge is 0.416 e. The van der Waals surface area contributed by atoms with Crippen LogP contribution in [0.2, 0.25) is 0 Å². The predicted molar refractivity (Wildman–Crippen MR) is 68.7 cm³/mol. The van der Waals surface area contributed by atoms with Crippen LogP contribution in [0.1, 0.15) is 31.1 Å². The van der Waals surface area contributed by atoms with E-state index in [2.05, 4.69) is 5.32 Å². The van der Waals surface area contributed by atoms with Crippen molar-refractivity contribution in [3.8, 4) is 0 Å². The molecule has 20 heavy (non-hydrogen) atoms. The average Bonchev–Trinajstić information content (AvgIpc) is 2.65. The number of carbonyl (C=O) groups excluding carboxylic acids is 1. The van der Waals surface area contributed by atoms with Crippen LogP contribution in [0.4, 0.5) is 13.2 Å². The highest BCUT2D eigenvalue weighted by atomic mass is 19.4. The number of hydrogen-bond donors (Lipinski definition) is 1. The van der Waals surface area contributed by atoms with Gasteiger partial charge in [-0.3, -0.25) is 10.1 Å². The molecule has 0 saturated carbocycles. The van der Waals surface area contributed by atoms with Crippen molar-refractivity contribution >= 4 is 5.91 Å². The molecule has 3 nitrogen and oxygen atoms in total. The third-order valence-electron chi connectivity index (χ3n) is 3.57. The minimum absolute atomic E-state index is 0.0213. The highest BCUT2D eigenvalue weighted by Gasteiger charge is 2.43. The van der Waals surface area contributed by atoms with Crippen molar-refractivity contribution < 1.29 is 18.0 Å². The van der Waals surface area contributed by atoms with Crippen LogP contribution >= 0.6 is 0 Å². The van der Waals surface area contributed by atoms with Crippen molar-refractivity contribution in [2.24, 2.45) is 5.92 Å². The average molecular weight is 286 g/mol. The summed E-state index contributed by atoms with van der Waals surface area (Å²) in [6, 6.07) is 4.90. The highest BCUT2D eigenvalue weighted by molar-refractivity contribution is 5.84. The maximum Gasteiger partial charge on any atom is 0.416 e. The van der Waals surface area contributed by atoms with E-state index in [9.17, 15) is 18.0 Å². The number of halogens is 3. The molecule has 0 bridgehead atoms. The van der Waals surface area contributed by atoms with Crippen LogP contribution in [0, 0.1) is 5.92 Å². The van der Waals surface area contributed by atoms with Gasteiger partial charge in [-0.25, -0.2) is 0 Å². The number of nitrogens with zero attached hydrogens (tertiary/aromatic N) is 1. The molecule has 1 saturated heterocycles. The smallest absolute Gasteiger partial charge is 0.325 e. The van der Waals surface area contributed by atoms with Crippen LogP contribution in [0.3, 0.4) is 0 Å². The van der Waals surface area contributed by atoms with Gasteiger partial charge >= 0.3 is 6.18 Å². The van der Waals surface area contributed by atoms with Gasteiger partial charge in [0.25, 0.3) is 0 Å². The zero-order chi connectivity index (χ0) is 15.1. The number of alkyl halides is 3. The first-order valence-electron chi connectivity index (χ1n) is 6.42. The molecule has 1 aliphatic rings. The van der Waals surface area contributed by atoms with Gasteiger partial charge in [-0.15, -0.1) is 0 Å². The first-order valence-corrected chi connectivity index (χ1v) is 6.42. The van der Waals surface area contributed by atoms with Gasteiger partial charge in [0.15, 0.2) is 0 Å². The van der Waals surface area contributed by atoms with Crippen molar-refractivity contribution in [3.05, 3.63) is 35.4 Å². The van der Waals surface area contributed by atoms with Crippen LogP contribution in [0.15, 0.2) is 24.3 Å². The summed E-state index contributed by atoms with van der Waals surface area (Å²) in [4.78, 5) is 13.4. The summed E-state index contributed by atoms with van der Waals surface area (Å²) in [5, 5.41) is 3.00. The second-order valence-corrected chi connectivity index (χ2v) is 5.33. The number of benzene rings is 1. The lowest BCUT2D eigenvalue weighted by Gasteiger charge is -2.23. The summed E-state index contributed by atoms with van der Waals surface area (Å²) in [5.74, 6) is -0.157. The molecule has 2 rings (SSSR count). The summed E-state index contributed by atoms with van der Waals surface area (Å²) in [6.45, 7) is 3.73. The summed E-state index contributed by atoms with van der Waals surface area (Å²) in [7, 11) is 1.52. The van der Waals surface area contributed by atoms with Crippen LogP contribution in [0.25, 0.3) is 0 Å². The van der Waals surface area contributed by atoms with Gasteiger partial charge in [0.2, 0.25) is 5.91 Å². The van der Waals surface area contributed by atoms with E-state index in [1.54, 1.807) is 6.07 Å². The SMILES string of the molecule is CC(C)C1NC(c2ccccc2C(F)(F)F)N(C)C1=O. The van der Waals surface area contributed by atoms with Gasteiger partial charge in [0.05, 0.1) is 11.6 Å². The molecule has 1 aromatic carbocycles. The summed E-state index contributed by atoms with van der Waals surface area (Å²) >= 11 is 0. The Kier molecular flexibility index (Phi) is 3.77. The molecule has 2 unspecified atom stereocenters. The minimum Gasteiger partial charge on any atom is -0.325 e. The standard InChI is InChI=1S/C14H17F3N2O/c1-8(2)11-13(20)19(3)12(18-11)9-6-4-5-7-10(9)14(15,16)17/h4-8,11-12,18H,1-3H3. The lowest BCUT2D eigenvalue weighted by atomic mass is 10.0. The van der Waals surface area contributed by atoms with Crippen LogP contribution in [-0.2, 0) is 11.0 Å². The number of rotatable bonds is 2. The molecule has 0 spiro atoms. The lowest BCUT2D eigenvalue weighted by molar-refractivity contribution is -0.139. The van der Waals surface area contributed by atoms with E-state index in [4.69, 9.17) is 0 Å². The topological polar surface area (TPSA) is 32.3 Å². The van der Waals surface area contributed by atoms with Crippen molar-refractivity contribution in [1.29, 1.82) is 0 Å². The third-order valence-corrected chi connectivity index (χ3v) is 3.57. The van der Waals surface area contributed by atoms with Gasteiger partial charge < -0.3 is 4.90 Å². The number of likely N-dealkylation sites (N-methyl/N-ethyl adjacent to an activating group) is 1. The van der Waals surface area contributed by atoms with Gasteiger partial charge in [0.1, 0.15) is 6.17 Å². The molecule has 2 atom stereocenters. The van der Waals surface area contributed by atoms with Gasteiger partial charge in [-0.05, 0) is 12.0 Å². The van der Waals surface area contributed by atoms with Crippen molar-refractivity contribution in [1.82, 2.24) is 10.2 Å². The van der Waals surface area contributed by atoms with E-state index in [0.717, 1.165) is 6.07 Å². The van der Waals surface area contributed by atoms with Crippen LogP contribution < -0.4 is 5.32 Å². The molecule has 6 heteroatoms. The fraction of sp³-hybridized carbons (Fsp3) is 0.500. The third kappa shape index (κ3) is 2.52.